The van der Waals surface area contributed by atoms with Gasteiger partial charge in [-0.05, 0) is 41.7 Å². The van der Waals surface area contributed by atoms with Crippen molar-refractivity contribution in [2.45, 2.75) is 19.3 Å². The van der Waals surface area contributed by atoms with Crippen molar-refractivity contribution in [3.05, 3.63) is 70.8 Å². The first-order valence-electron chi connectivity index (χ1n) is 7.22. The lowest BCUT2D eigenvalue weighted by Gasteiger charge is -2.12. The molecule has 0 unspecified atom stereocenters. The molecule has 0 aliphatic rings. The van der Waals surface area contributed by atoms with Crippen LogP contribution in [-0.2, 0) is 28.9 Å². The predicted molar refractivity (Wildman–Crippen MR) is 82.7 cm³/mol. The fourth-order valence-corrected chi connectivity index (χ4v) is 2.57. The summed E-state index contributed by atoms with van der Waals surface area (Å²) in [6, 6.07) is 10.5. The van der Waals surface area contributed by atoms with Gasteiger partial charge < -0.3 is 10.5 Å². The molecule has 120 valence electrons. The number of primary amides is 1. The van der Waals surface area contributed by atoms with Crippen LogP contribution < -0.4 is 5.73 Å². The third-order valence-electron chi connectivity index (χ3n) is 3.48. The van der Waals surface area contributed by atoms with Crippen LogP contribution in [0.1, 0.15) is 16.7 Å². The van der Waals surface area contributed by atoms with Crippen LogP contribution in [0.2, 0.25) is 0 Å². The number of carbonyl (C=O) groups is 2. The van der Waals surface area contributed by atoms with Crippen LogP contribution in [0.5, 0.6) is 0 Å². The van der Waals surface area contributed by atoms with Gasteiger partial charge in [0.05, 0.1) is 6.42 Å². The second-order valence-electron chi connectivity index (χ2n) is 5.55. The topological polar surface area (TPSA) is 60.2 Å². The van der Waals surface area contributed by atoms with Crippen molar-refractivity contribution in [3.63, 3.8) is 0 Å². The molecule has 0 aromatic heterocycles. The zero-order valence-electron chi connectivity index (χ0n) is 12.5. The number of amides is 1. The van der Waals surface area contributed by atoms with Crippen molar-refractivity contribution >= 4 is 12.2 Å². The second kappa shape index (κ2) is 7.63. The van der Waals surface area contributed by atoms with E-state index in [0.717, 1.165) is 23.5 Å². The molecule has 2 aromatic rings. The van der Waals surface area contributed by atoms with Crippen LogP contribution in [0.3, 0.4) is 0 Å². The molecule has 3 nitrogen and oxygen atoms in total. The van der Waals surface area contributed by atoms with E-state index in [1.165, 1.54) is 12.1 Å². The standard InChI is InChI=1S/C18H17F2NO2/c19-16-7-14(8-17(20)10-16)6-15(11-22)5-12-2-1-3-13(4-12)9-18(21)23/h1-4,7-8,10-11,15H,5-6,9H2,(H2,21,23)/t15-/m0/s1. The number of aldehydes is 1. The van der Waals surface area contributed by atoms with Crippen molar-refractivity contribution in [2.24, 2.45) is 11.7 Å². The second-order valence-corrected chi connectivity index (χ2v) is 5.55. The van der Waals surface area contributed by atoms with Gasteiger partial charge in [-0.2, -0.15) is 0 Å². The van der Waals surface area contributed by atoms with E-state index in [0.29, 0.717) is 12.0 Å². The van der Waals surface area contributed by atoms with Crippen LogP contribution in [0.15, 0.2) is 42.5 Å². The molecule has 0 heterocycles. The molecular weight excluding hydrogens is 300 g/mol. The average Bonchev–Trinajstić information content (AvgIpc) is 2.45. The Bertz CT molecular complexity index is 696. The Morgan fingerprint density at radius 1 is 1.00 bits per heavy atom. The van der Waals surface area contributed by atoms with Gasteiger partial charge in [0.1, 0.15) is 17.9 Å². The van der Waals surface area contributed by atoms with Crippen LogP contribution in [0.25, 0.3) is 0 Å². The molecule has 2 aromatic carbocycles. The number of nitrogens with two attached hydrogens (primary N) is 1. The van der Waals surface area contributed by atoms with Crippen LogP contribution >= 0.6 is 0 Å². The number of hydrogen-bond acceptors (Lipinski definition) is 2. The van der Waals surface area contributed by atoms with Crippen molar-refractivity contribution in [2.75, 3.05) is 0 Å². The molecule has 0 bridgehead atoms. The minimum absolute atomic E-state index is 0.134. The van der Waals surface area contributed by atoms with Gasteiger partial charge in [-0.15, -0.1) is 0 Å². The number of carbonyl (C=O) groups excluding carboxylic acids is 2. The summed E-state index contributed by atoms with van der Waals surface area (Å²) in [4.78, 5) is 22.2. The molecule has 0 saturated carbocycles. The van der Waals surface area contributed by atoms with E-state index < -0.39 is 23.5 Å². The maximum atomic E-state index is 13.2. The third-order valence-corrected chi connectivity index (χ3v) is 3.48. The van der Waals surface area contributed by atoms with Gasteiger partial charge in [-0.1, -0.05) is 24.3 Å². The molecule has 1 amide bonds. The van der Waals surface area contributed by atoms with Crippen molar-refractivity contribution in [1.82, 2.24) is 0 Å². The summed E-state index contributed by atoms with van der Waals surface area (Å²) in [5.41, 5.74) is 7.25. The molecule has 2 N–H and O–H groups in total. The maximum absolute atomic E-state index is 13.2. The lowest BCUT2D eigenvalue weighted by molar-refractivity contribution is -0.117. The Morgan fingerprint density at radius 2 is 1.61 bits per heavy atom. The van der Waals surface area contributed by atoms with Gasteiger partial charge in [0.25, 0.3) is 0 Å². The van der Waals surface area contributed by atoms with Gasteiger partial charge in [0.15, 0.2) is 0 Å². The highest BCUT2D eigenvalue weighted by molar-refractivity contribution is 5.76. The predicted octanol–water partition coefficient (Wildman–Crippen LogP) is 2.59. The van der Waals surface area contributed by atoms with Gasteiger partial charge >= 0.3 is 0 Å². The minimum atomic E-state index is -0.659. The van der Waals surface area contributed by atoms with E-state index in [1.54, 1.807) is 12.1 Å². The van der Waals surface area contributed by atoms with E-state index in [-0.39, 0.29) is 12.8 Å². The monoisotopic (exact) mass is 317 g/mol. The normalized spacial score (nSPS) is 11.9. The molecule has 0 aliphatic heterocycles. The van der Waals surface area contributed by atoms with E-state index in [9.17, 15) is 18.4 Å². The Hall–Kier alpha value is -2.56. The van der Waals surface area contributed by atoms with E-state index in [2.05, 4.69) is 0 Å². The molecule has 0 fully saturated rings. The summed E-state index contributed by atoms with van der Waals surface area (Å²) in [6.45, 7) is 0. The molecule has 2 rings (SSSR count). The van der Waals surface area contributed by atoms with Crippen LogP contribution in [0, 0.1) is 17.6 Å². The fraction of sp³-hybridized carbons (Fsp3) is 0.222. The molecule has 0 aliphatic carbocycles. The lowest BCUT2D eigenvalue weighted by Crippen LogP contribution is -2.14. The van der Waals surface area contributed by atoms with E-state index >= 15 is 0 Å². The molecular formula is C18H17F2NO2. The number of halogens is 2. The van der Waals surface area contributed by atoms with E-state index in [1.807, 2.05) is 12.1 Å². The largest absolute Gasteiger partial charge is 0.369 e. The number of benzene rings is 2. The van der Waals surface area contributed by atoms with Gasteiger partial charge in [-0.25, -0.2) is 8.78 Å². The number of rotatable bonds is 7. The van der Waals surface area contributed by atoms with Crippen molar-refractivity contribution in [1.29, 1.82) is 0 Å². The van der Waals surface area contributed by atoms with Crippen LogP contribution in [0.4, 0.5) is 8.78 Å². The molecule has 23 heavy (non-hydrogen) atoms. The highest BCUT2D eigenvalue weighted by atomic mass is 19.1. The Balaban J connectivity index is 2.10. The SMILES string of the molecule is NC(=O)Cc1cccc(C[C@H](C=O)Cc2cc(F)cc(F)c2)c1. The molecule has 0 saturated heterocycles. The van der Waals surface area contributed by atoms with Gasteiger partial charge in [0.2, 0.25) is 5.91 Å². The zero-order chi connectivity index (χ0) is 16.8. The summed E-state index contributed by atoms with van der Waals surface area (Å²) >= 11 is 0. The highest BCUT2D eigenvalue weighted by Gasteiger charge is 2.12. The fourth-order valence-electron chi connectivity index (χ4n) is 2.57. The Kier molecular flexibility index (Phi) is 5.57. The van der Waals surface area contributed by atoms with Gasteiger partial charge in [0, 0.05) is 12.0 Å². The summed E-state index contributed by atoms with van der Waals surface area (Å²) in [5.74, 6) is -2.15. The van der Waals surface area contributed by atoms with Crippen molar-refractivity contribution < 1.29 is 18.4 Å². The van der Waals surface area contributed by atoms with Gasteiger partial charge in [-0.3, -0.25) is 4.79 Å². The molecule has 0 spiro atoms. The third kappa shape index (κ3) is 5.29. The summed E-state index contributed by atoms with van der Waals surface area (Å²) in [7, 11) is 0. The van der Waals surface area contributed by atoms with E-state index in [4.69, 9.17) is 5.73 Å². The maximum Gasteiger partial charge on any atom is 0.221 e. The minimum Gasteiger partial charge on any atom is -0.369 e. The van der Waals surface area contributed by atoms with Crippen LogP contribution in [-0.4, -0.2) is 12.2 Å². The lowest BCUT2D eigenvalue weighted by atomic mass is 9.92. The van der Waals surface area contributed by atoms with Crippen molar-refractivity contribution in [3.8, 4) is 0 Å². The number of hydrogen-bond donors (Lipinski definition) is 1. The Morgan fingerprint density at radius 3 is 2.22 bits per heavy atom. The quantitative estimate of drug-likeness (QED) is 0.798. The smallest absolute Gasteiger partial charge is 0.221 e. The summed E-state index contributed by atoms with van der Waals surface area (Å²) in [6.07, 6.45) is 1.59. The Labute approximate surface area is 133 Å². The average molecular weight is 317 g/mol. The molecule has 5 heteroatoms. The first-order chi connectivity index (χ1) is 11.0. The summed E-state index contributed by atoms with van der Waals surface area (Å²) in [5, 5.41) is 0. The summed E-state index contributed by atoms with van der Waals surface area (Å²) < 4.78 is 26.4. The highest BCUT2D eigenvalue weighted by Crippen LogP contribution is 2.17. The molecule has 1 atom stereocenters. The zero-order valence-corrected chi connectivity index (χ0v) is 12.5. The first-order valence-corrected chi connectivity index (χ1v) is 7.22. The molecule has 0 radical (unpaired) electrons. The first kappa shape index (κ1) is 16.8.